The van der Waals surface area contributed by atoms with Gasteiger partial charge < -0.3 is 20.0 Å². The Bertz CT molecular complexity index is 439. The third kappa shape index (κ3) is 5.59. The van der Waals surface area contributed by atoms with Gasteiger partial charge in [0.05, 0.1) is 0 Å². The molecule has 2 amide bonds. The monoisotopic (exact) mass is 364 g/mol. The molecule has 5 nitrogen and oxygen atoms in total. The first-order chi connectivity index (χ1) is 12.5. The number of likely N-dealkylation sites (tertiary alicyclic amines) is 3. The fourth-order valence-corrected chi connectivity index (χ4v) is 4.83. The molecule has 0 radical (unpaired) electrons. The summed E-state index contributed by atoms with van der Waals surface area (Å²) < 4.78 is 0. The zero-order chi connectivity index (χ0) is 18.5. The lowest BCUT2D eigenvalue weighted by Gasteiger charge is -2.39. The van der Waals surface area contributed by atoms with Crippen molar-refractivity contribution in [2.75, 3.05) is 45.8 Å². The molecule has 3 fully saturated rings. The highest BCUT2D eigenvalue weighted by atomic mass is 16.2. The van der Waals surface area contributed by atoms with Gasteiger partial charge in [0.25, 0.3) is 0 Å². The third-order valence-corrected chi connectivity index (χ3v) is 6.79. The molecule has 0 saturated carbocycles. The largest absolute Gasteiger partial charge is 0.335 e. The molecular weight excluding hydrogens is 324 g/mol. The average molecular weight is 365 g/mol. The van der Waals surface area contributed by atoms with Crippen molar-refractivity contribution in [3.63, 3.8) is 0 Å². The van der Waals surface area contributed by atoms with Crippen molar-refractivity contribution in [2.24, 2.45) is 11.8 Å². The number of hydrogen-bond acceptors (Lipinski definition) is 3. The number of rotatable bonds is 4. The number of nitrogens with zero attached hydrogens (tertiary/aromatic N) is 3. The second-order valence-corrected chi connectivity index (χ2v) is 9.29. The summed E-state index contributed by atoms with van der Waals surface area (Å²) >= 11 is 0. The Labute approximate surface area is 160 Å². The molecule has 0 aromatic rings. The van der Waals surface area contributed by atoms with Crippen LogP contribution in [0.5, 0.6) is 0 Å². The van der Waals surface area contributed by atoms with E-state index in [2.05, 4.69) is 40.8 Å². The first kappa shape index (κ1) is 19.9. The Morgan fingerprint density at radius 3 is 2.35 bits per heavy atom. The topological polar surface area (TPSA) is 38.8 Å². The Balaban J connectivity index is 1.40. The number of hydrogen-bond donors (Lipinski definition) is 1. The fraction of sp³-hybridized carbons (Fsp3) is 0.952. The van der Waals surface area contributed by atoms with Crippen LogP contribution in [0.4, 0.5) is 4.79 Å². The molecule has 1 unspecified atom stereocenters. The van der Waals surface area contributed by atoms with Crippen LogP contribution in [0.25, 0.3) is 0 Å². The lowest BCUT2D eigenvalue weighted by molar-refractivity contribution is 0.114. The lowest BCUT2D eigenvalue weighted by Crippen LogP contribution is -2.53. The summed E-state index contributed by atoms with van der Waals surface area (Å²) in [5.41, 5.74) is 0. The number of amides is 2. The zero-order valence-electron chi connectivity index (χ0n) is 17.3. The minimum absolute atomic E-state index is 0.185. The number of carbonyl (C=O) groups is 1. The van der Waals surface area contributed by atoms with Crippen LogP contribution in [0, 0.1) is 11.8 Å². The first-order valence-electron chi connectivity index (χ1n) is 11.0. The van der Waals surface area contributed by atoms with E-state index in [4.69, 9.17) is 0 Å². The molecule has 0 spiro atoms. The van der Waals surface area contributed by atoms with E-state index >= 15 is 0 Å². The molecule has 5 heteroatoms. The molecule has 3 saturated heterocycles. The second kappa shape index (κ2) is 9.41. The van der Waals surface area contributed by atoms with Crippen molar-refractivity contribution in [1.29, 1.82) is 0 Å². The summed E-state index contributed by atoms with van der Waals surface area (Å²) in [6.45, 7) is 14.7. The van der Waals surface area contributed by atoms with Crippen molar-refractivity contribution >= 4 is 6.03 Å². The Kier molecular flexibility index (Phi) is 7.21. The summed E-state index contributed by atoms with van der Waals surface area (Å²) in [4.78, 5) is 20.0. The zero-order valence-corrected chi connectivity index (χ0v) is 17.3. The predicted molar refractivity (Wildman–Crippen MR) is 107 cm³/mol. The van der Waals surface area contributed by atoms with Crippen LogP contribution in [-0.4, -0.2) is 78.6 Å². The fourth-order valence-electron chi connectivity index (χ4n) is 4.83. The standard InChI is InChI=1S/C21H40N4O/c1-17(2)24-13-8-20(9-14-24)22-21(26)25-10-4-5-19(16-25)15-23-11-6-18(3)7-12-23/h17-20H,4-16H2,1-3H3,(H,22,26). The van der Waals surface area contributed by atoms with E-state index in [-0.39, 0.29) is 6.03 Å². The molecule has 1 N–H and O–H groups in total. The highest BCUT2D eigenvalue weighted by Gasteiger charge is 2.28. The van der Waals surface area contributed by atoms with E-state index in [9.17, 15) is 4.79 Å². The smallest absolute Gasteiger partial charge is 0.317 e. The molecule has 3 heterocycles. The average Bonchev–Trinajstić information content (AvgIpc) is 2.64. The van der Waals surface area contributed by atoms with Gasteiger partial charge in [-0.1, -0.05) is 6.92 Å². The van der Waals surface area contributed by atoms with E-state index < -0.39 is 0 Å². The molecule has 150 valence electrons. The van der Waals surface area contributed by atoms with Gasteiger partial charge in [-0.05, 0) is 77.3 Å². The molecule has 3 aliphatic rings. The predicted octanol–water partition coefficient (Wildman–Crippen LogP) is 3.01. The highest BCUT2D eigenvalue weighted by Crippen LogP contribution is 2.22. The van der Waals surface area contributed by atoms with Gasteiger partial charge in [-0.25, -0.2) is 4.79 Å². The van der Waals surface area contributed by atoms with Crippen LogP contribution in [-0.2, 0) is 0 Å². The lowest BCUT2D eigenvalue weighted by atomic mass is 9.94. The van der Waals surface area contributed by atoms with Crippen molar-refractivity contribution in [2.45, 2.75) is 71.4 Å². The molecular formula is C21H40N4O. The quantitative estimate of drug-likeness (QED) is 0.833. The van der Waals surface area contributed by atoms with E-state index in [1.54, 1.807) is 0 Å². The van der Waals surface area contributed by atoms with Crippen LogP contribution in [0.3, 0.4) is 0 Å². The molecule has 0 aromatic heterocycles. The second-order valence-electron chi connectivity index (χ2n) is 9.29. The molecule has 0 aromatic carbocycles. The summed E-state index contributed by atoms with van der Waals surface area (Å²) in [6.07, 6.45) is 7.30. The number of piperidine rings is 3. The molecule has 3 aliphatic heterocycles. The van der Waals surface area contributed by atoms with Gasteiger partial charge in [0.15, 0.2) is 0 Å². The van der Waals surface area contributed by atoms with Gasteiger partial charge in [-0.2, -0.15) is 0 Å². The molecule has 0 bridgehead atoms. The summed E-state index contributed by atoms with van der Waals surface area (Å²) in [7, 11) is 0. The Hall–Kier alpha value is -0.810. The minimum atomic E-state index is 0.185. The summed E-state index contributed by atoms with van der Waals surface area (Å²) in [6, 6.07) is 1.17. The molecule has 3 rings (SSSR count). The molecule has 0 aliphatic carbocycles. The van der Waals surface area contributed by atoms with Gasteiger partial charge >= 0.3 is 6.03 Å². The molecule has 1 atom stereocenters. The van der Waals surface area contributed by atoms with Gasteiger partial charge in [-0.3, -0.25) is 0 Å². The summed E-state index contributed by atoms with van der Waals surface area (Å²) in [5.74, 6) is 1.55. The van der Waals surface area contributed by atoms with Gasteiger partial charge in [-0.15, -0.1) is 0 Å². The maximum absolute atomic E-state index is 12.8. The van der Waals surface area contributed by atoms with Gasteiger partial charge in [0.2, 0.25) is 0 Å². The normalized spacial score (nSPS) is 27.8. The summed E-state index contributed by atoms with van der Waals surface area (Å²) in [5, 5.41) is 3.32. The van der Waals surface area contributed by atoms with Crippen LogP contribution in [0.15, 0.2) is 0 Å². The van der Waals surface area contributed by atoms with E-state index in [0.29, 0.717) is 18.0 Å². The number of nitrogens with one attached hydrogen (secondary N) is 1. The maximum atomic E-state index is 12.8. The van der Waals surface area contributed by atoms with Crippen LogP contribution < -0.4 is 5.32 Å². The van der Waals surface area contributed by atoms with E-state index in [1.807, 2.05) is 0 Å². The Morgan fingerprint density at radius 1 is 1.00 bits per heavy atom. The maximum Gasteiger partial charge on any atom is 0.317 e. The van der Waals surface area contributed by atoms with E-state index in [0.717, 1.165) is 51.4 Å². The van der Waals surface area contributed by atoms with Crippen molar-refractivity contribution in [3.05, 3.63) is 0 Å². The van der Waals surface area contributed by atoms with Crippen LogP contribution >= 0.6 is 0 Å². The van der Waals surface area contributed by atoms with Gasteiger partial charge in [0, 0.05) is 44.8 Å². The SMILES string of the molecule is CC1CCN(CC2CCCN(C(=O)NC3CCN(C(C)C)CC3)C2)CC1. The number of carbonyl (C=O) groups excluding carboxylic acids is 1. The van der Waals surface area contributed by atoms with Crippen LogP contribution in [0.2, 0.25) is 0 Å². The van der Waals surface area contributed by atoms with Crippen LogP contribution in [0.1, 0.15) is 59.3 Å². The van der Waals surface area contributed by atoms with Crippen molar-refractivity contribution < 1.29 is 4.79 Å². The van der Waals surface area contributed by atoms with Crippen molar-refractivity contribution in [1.82, 2.24) is 20.0 Å². The van der Waals surface area contributed by atoms with E-state index in [1.165, 1.54) is 38.9 Å². The van der Waals surface area contributed by atoms with Crippen molar-refractivity contribution in [3.8, 4) is 0 Å². The first-order valence-corrected chi connectivity index (χ1v) is 11.0. The highest BCUT2D eigenvalue weighted by molar-refractivity contribution is 5.74. The Morgan fingerprint density at radius 2 is 1.69 bits per heavy atom. The third-order valence-electron chi connectivity index (χ3n) is 6.79. The minimum Gasteiger partial charge on any atom is -0.335 e. The van der Waals surface area contributed by atoms with Gasteiger partial charge in [0.1, 0.15) is 0 Å². The molecule has 26 heavy (non-hydrogen) atoms. The number of urea groups is 1.